The summed E-state index contributed by atoms with van der Waals surface area (Å²) in [4.78, 5) is 0. The van der Waals surface area contributed by atoms with Gasteiger partial charge in [0.15, 0.2) is 0 Å². The predicted octanol–water partition coefficient (Wildman–Crippen LogP) is 5.41. The van der Waals surface area contributed by atoms with Crippen LogP contribution in [0.4, 0.5) is 5.69 Å². The van der Waals surface area contributed by atoms with Crippen molar-refractivity contribution in [3.63, 3.8) is 0 Å². The molecule has 0 saturated heterocycles. The van der Waals surface area contributed by atoms with Crippen molar-refractivity contribution in [1.29, 1.82) is 0 Å². The lowest BCUT2D eigenvalue weighted by Gasteiger charge is -2.26. The van der Waals surface area contributed by atoms with E-state index in [-0.39, 0.29) is 0 Å². The summed E-state index contributed by atoms with van der Waals surface area (Å²) in [5, 5.41) is 3.65. The number of aryl methyl sites for hydroxylation is 2. The first kappa shape index (κ1) is 15.6. The molecule has 0 spiro atoms. The molecule has 0 bridgehead atoms. The Balaban J connectivity index is 2.80. The van der Waals surface area contributed by atoms with E-state index in [2.05, 4.69) is 74.9 Å². The van der Waals surface area contributed by atoms with Crippen molar-refractivity contribution < 1.29 is 0 Å². The maximum absolute atomic E-state index is 3.65. The molecule has 0 unspecified atom stereocenters. The summed E-state index contributed by atoms with van der Waals surface area (Å²) in [7, 11) is 0. The highest BCUT2D eigenvalue weighted by Crippen LogP contribution is 2.27. The van der Waals surface area contributed by atoms with Gasteiger partial charge >= 0.3 is 0 Å². The Morgan fingerprint density at radius 1 is 1.00 bits per heavy atom. The zero-order valence-corrected chi connectivity index (χ0v) is 14.1. The number of hydrogen-bond donors (Lipinski definition) is 1. The van der Waals surface area contributed by atoms with Gasteiger partial charge in [0, 0.05) is 16.7 Å². The van der Waals surface area contributed by atoms with Gasteiger partial charge in [0.2, 0.25) is 0 Å². The summed E-state index contributed by atoms with van der Waals surface area (Å²) >= 11 is 3.55. The van der Waals surface area contributed by atoms with E-state index in [1.54, 1.807) is 0 Å². The fourth-order valence-corrected chi connectivity index (χ4v) is 3.34. The van der Waals surface area contributed by atoms with Gasteiger partial charge in [0.1, 0.15) is 0 Å². The Bertz CT molecular complexity index is 365. The average Bonchev–Trinajstić information content (AvgIpc) is 2.20. The number of benzene rings is 1. The van der Waals surface area contributed by atoms with E-state index in [1.165, 1.54) is 16.8 Å². The highest BCUT2D eigenvalue weighted by molar-refractivity contribution is 9.10. The van der Waals surface area contributed by atoms with Gasteiger partial charge in [-0.1, -0.05) is 43.6 Å². The number of nitrogens with one attached hydrogen (secondary N) is 1. The second kappa shape index (κ2) is 6.60. The first-order chi connectivity index (χ1) is 8.32. The van der Waals surface area contributed by atoms with Crippen LogP contribution in [-0.2, 0) is 0 Å². The van der Waals surface area contributed by atoms with Crippen LogP contribution >= 0.6 is 15.9 Å². The van der Waals surface area contributed by atoms with Crippen molar-refractivity contribution >= 4 is 21.6 Å². The van der Waals surface area contributed by atoms with Crippen molar-refractivity contribution in [1.82, 2.24) is 0 Å². The third-order valence-corrected chi connectivity index (χ3v) is 4.18. The van der Waals surface area contributed by atoms with Gasteiger partial charge in [0.25, 0.3) is 0 Å². The standard InChI is InChI=1S/C16H26BrN/c1-10(2)15(11(3)4)9-18-16-12(5)7-14(17)8-13(16)6/h7-8,10-11,15,18H,9H2,1-6H3. The summed E-state index contributed by atoms with van der Waals surface area (Å²) in [5.41, 5.74) is 3.92. The second-order valence-electron chi connectivity index (χ2n) is 5.95. The topological polar surface area (TPSA) is 12.0 Å². The smallest absolute Gasteiger partial charge is 0.0400 e. The van der Waals surface area contributed by atoms with E-state index in [9.17, 15) is 0 Å². The summed E-state index contributed by atoms with van der Waals surface area (Å²) in [6, 6.07) is 4.35. The van der Waals surface area contributed by atoms with E-state index < -0.39 is 0 Å². The van der Waals surface area contributed by atoms with Crippen LogP contribution in [0.25, 0.3) is 0 Å². The molecule has 0 aliphatic carbocycles. The van der Waals surface area contributed by atoms with Gasteiger partial charge in [-0.05, 0) is 54.9 Å². The number of anilines is 1. The molecule has 102 valence electrons. The van der Waals surface area contributed by atoms with Crippen LogP contribution in [-0.4, -0.2) is 6.54 Å². The normalized spacial score (nSPS) is 11.7. The Hall–Kier alpha value is -0.500. The number of hydrogen-bond acceptors (Lipinski definition) is 1. The van der Waals surface area contributed by atoms with Crippen LogP contribution in [0.15, 0.2) is 16.6 Å². The zero-order valence-electron chi connectivity index (χ0n) is 12.5. The minimum absolute atomic E-state index is 0.715. The molecule has 0 fully saturated rings. The molecule has 0 aliphatic rings. The largest absolute Gasteiger partial charge is 0.384 e. The third kappa shape index (κ3) is 4.01. The first-order valence-corrected chi connectivity index (χ1v) is 7.62. The Morgan fingerprint density at radius 3 is 1.83 bits per heavy atom. The average molecular weight is 312 g/mol. The zero-order chi connectivity index (χ0) is 13.9. The molecular weight excluding hydrogens is 286 g/mol. The Kier molecular flexibility index (Phi) is 5.71. The summed E-state index contributed by atoms with van der Waals surface area (Å²) in [5.74, 6) is 2.15. The lowest BCUT2D eigenvalue weighted by atomic mass is 9.85. The maximum atomic E-state index is 3.65. The quantitative estimate of drug-likeness (QED) is 0.767. The molecule has 1 rings (SSSR count). The molecule has 1 nitrogen and oxygen atoms in total. The summed E-state index contributed by atoms with van der Waals surface area (Å²) in [6.45, 7) is 14.6. The fourth-order valence-electron chi connectivity index (χ4n) is 2.65. The molecule has 1 aromatic rings. The highest BCUT2D eigenvalue weighted by atomic mass is 79.9. The molecule has 18 heavy (non-hydrogen) atoms. The monoisotopic (exact) mass is 311 g/mol. The number of rotatable bonds is 5. The van der Waals surface area contributed by atoms with Crippen LogP contribution in [0, 0.1) is 31.6 Å². The van der Waals surface area contributed by atoms with Crippen LogP contribution in [0.5, 0.6) is 0 Å². The molecule has 2 heteroatoms. The Labute approximate surface area is 120 Å². The molecule has 0 heterocycles. The number of halogens is 1. The minimum atomic E-state index is 0.715. The van der Waals surface area contributed by atoms with E-state index in [1.807, 2.05) is 0 Å². The van der Waals surface area contributed by atoms with Gasteiger partial charge in [-0.3, -0.25) is 0 Å². The molecule has 1 N–H and O–H groups in total. The van der Waals surface area contributed by atoms with E-state index in [0.29, 0.717) is 17.8 Å². The lowest BCUT2D eigenvalue weighted by Crippen LogP contribution is -2.25. The summed E-state index contributed by atoms with van der Waals surface area (Å²) in [6.07, 6.45) is 0. The van der Waals surface area contributed by atoms with Gasteiger partial charge in [0.05, 0.1) is 0 Å². The van der Waals surface area contributed by atoms with E-state index in [0.717, 1.165) is 11.0 Å². The Morgan fingerprint density at radius 2 is 1.44 bits per heavy atom. The molecule has 0 aliphatic heterocycles. The third-order valence-electron chi connectivity index (χ3n) is 3.72. The summed E-state index contributed by atoms with van der Waals surface area (Å²) < 4.78 is 1.16. The second-order valence-corrected chi connectivity index (χ2v) is 6.86. The van der Waals surface area contributed by atoms with Crippen molar-refractivity contribution in [2.75, 3.05) is 11.9 Å². The van der Waals surface area contributed by atoms with Crippen LogP contribution in [0.2, 0.25) is 0 Å². The molecular formula is C16H26BrN. The van der Waals surface area contributed by atoms with Crippen LogP contribution in [0.1, 0.15) is 38.8 Å². The van der Waals surface area contributed by atoms with E-state index >= 15 is 0 Å². The minimum Gasteiger partial charge on any atom is -0.384 e. The van der Waals surface area contributed by atoms with Gasteiger partial charge in [-0.15, -0.1) is 0 Å². The molecule has 0 saturated carbocycles. The van der Waals surface area contributed by atoms with Crippen molar-refractivity contribution in [3.05, 3.63) is 27.7 Å². The SMILES string of the molecule is Cc1cc(Br)cc(C)c1NCC(C(C)C)C(C)C. The maximum Gasteiger partial charge on any atom is 0.0400 e. The lowest BCUT2D eigenvalue weighted by molar-refractivity contribution is 0.304. The van der Waals surface area contributed by atoms with Crippen LogP contribution < -0.4 is 5.32 Å². The molecule has 0 atom stereocenters. The molecule has 0 amide bonds. The molecule has 0 radical (unpaired) electrons. The van der Waals surface area contributed by atoms with Gasteiger partial charge in [-0.25, -0.2) is 0 Å². The molecule has 1 aromatic carbocycles. The van der Waals surface area contributed by atoms with Gasteiger partial charge in [-0.2, -0.15) is 0 Å². The van der Waals surface area contributed by atoms with Crippen LogP contribution in [0.3, 0.4) is 0 Å². The predicted molar refractivity (Wildman–Crippen MR) is 85.3 cm³/mol. The van der Waals surface area contributed by atoms with Crippen molar-refractivity contribution in [3.8, 4) is 0 Å². The fraction of sp³-hybridized carbons (Fsp3) is 0.625. The first-order valence-electron chi connectivity index (χ1n) is 6.83. The highest BCUT2D eigenvalue weighted by Gasteiger charge is 2.17. The van der Waals surface area contributed by atoms with Crippen molar-refractivity contribution in [2.45, 2.75) is 41.5 Å². The van der Waals surface area contributed by atoms with Gasteiger partial charge < -0.3 is 5.32 Å². The van der Waals surface area contributed by atoms with Crippen molar-refractivity contribution in [2.24, 2.45) is 17.8 Å². The van der Waals surface area contributed by atoms with E-state index in [4.69, 9.17) is 0 Å². The molecule has 0 aromatic heterocycles.